The van der Waals surface area contributed by atoms with Crippen LogP contribution in [0.4, 0.5) is 5.69 Å². The molecule has 7 nitrogen and oxygen atoms in total. The predicted octanol–water partition coefficient (Wildman–Crippen LogP) is 3.11. The van der Waals surface area contributed by atoms with Gasteiger partial charge in [-0.2, -0.15) is 9.90 Å². The van der Waals surface area contributed by atoms with Gasteiger partial charge in [-0.05, 0) is 51.0 Å². The van der Waals surface area contributed by atoms with Gasteiger partial charge in [0.25, 0.3) is 11.8 Å². The number of amides is 2. The minimum absolute atomic E-state index is 0.212. The van der Waals surface area contributed by atoms with Gasteiger partial charge in [-0.15, -0.1) is 5.10 Å². The van der Waals surface area contributed by atoms with Crippen molar-refractivity contribution in [1.29, 1.82) is 0 Å². The van der Waals surface area contributed by atoms with Gasteiger partial charge < -0.3 is 10.6 Å². The molecule has 0 fully saturated rings. The normalized spacial score (nSPS) is 10.6. The number of carbonyl (C=O) groups is 2. The number of aryl methyl sites for hydroxylation is 4. The molecule has 0 bridgehead atoms. The first-order valence-electron chi connectivity index (χ1n) is 8.96. The molecule has 0 aliphatic heterocycles. The zero-order valence-corrected chi connectivity index (χ0v) is 16.6. The zero-order valence-electron chi connectivity index (χ0n) is 16.6. The third-order valence-electron chi connectivity index (χ3n) is 4.54. The summed E-state index contributed by atoms with van der Waals surface area (Å²) in [7, 11) is 1.56. The average Bonchev–Trinajstić information content (AvgIpc) is 3.02. The summed E-state index contributed by atoms with van der Waals surface area (Å²) >= 11 is 0. The summed E-state index contributed by atoms with van der Waals surface area (Å²) in [6.45, 7) is 7.55. The number of nitrogens with zero attached hydrogens (tertiary/aromatic N) is 3. The molecule has 3 rings (SSSR count). The second kappa shape index (κ2) is 7.64. The fourth-order valence-electron chi connectivity index (χ4n) is 3.11. The van der Waals surface area contributed by atoms with Crippen LogP contribution in [0.15, 0.2) is 36.4 Å². The summed E-state index contributed by atoms with van der Waals surface area (Å²) in [4.78, 5) is 26.5. The van der Waals surface area contributed by atoms with Gasteiger partial charge in [0.1, 0.15) is 0 Å². The highest BCUT2D eigenvalue weighted by Gasteiger charge is 2.20. The molecule has 0 spiro atoms. The molecule has 0 saturated carbocycles. The fraction of sp³-hybridized carbons (Fsp3) is 0.238. The Morgan fingerprint density at radius 2 is 1.68 bits per heavy atom. The van der Waals surface area contributed by atoms with Gasteiger partial charge in [0.15, 0.2) is 5.69 Å². The molecular weight excluding hydrogens is 354 g/mol. The van der Waals surface area contributed by atoms with Crippen molar-refractivity contribution in [2.75, 3.05) is 12.4 Å². The van der Waals surface area contributed by atoms with Gasteiger partial charge in [0.2, 0.25) is 0 Å². The van der Waals surface area contributed by atoms with Crippen molar-refractivity contribution < 1.29 is 9.59 Å². The van der Waals surface area contributed by atoms with E-state index in [-0.39, 0.29) is 11.6 Å². The molecule has 0 aliphatic rings. The Morgan fingerprint density at radius 1 is 0.929 bits per heavy atom. The first kappa shape index (κ1) is 19.3. The Kier molecular flexibility index (Phi) is 5.26. The summed E-state index contributed by atoms with van der Waals surface area (Å²) < 4.78 is 0. The van der Waals surface area contributed by atoms with E-state index in [9.17, 15) is 9.59 Å². The summed E-state index contributed by atoms with van der Waals surface area (Å²) in [5.74, 6) is -0.673. The van der Waals surface area contributed by atoms with Gasteiger partial charge >= 0.3 is 0 Å². The van der Waals surface area contributed by atoms with Gasteiger partial charge in [-0.3, -0.25) is 9.59 Å². The molecule has 144 valence electrons. The monoisotopic (exact) mass is 377 g/mol. The predicted molar refractivity (Wildman–Crippen MR) is 108 cm³/mol. The van der Waals surface area contributed by atoms with Crippen LogP contribution in [0.5, 0.6) is 0 Å². The number of aromatic nitrogens is 3. The molecule has 3 aromatic rings. The standard InChI is InChI=1S/C21H23N5O2/c1-12-9-10-17(14(3)11-12)26-24-15(4)19(25-26)21(28)23-16-8-6-7-13(2)18(16)20(27)22-5/h6-11H,1-5H3,(H,22,27)(H,23,28). The summed E-state index contributed by atoms with van der Waals surface area (Å²) in [6, 6.07) is 11.2. The Balaban J connectivity index is 1.94. The lowest BCUT2D eigenvalue weighted by Crippen LogP contribution is -2.23. The van der Waals surface area contributed by atoms with E-state index in [2.05, 4.69) is 20.8 Å². The van der Waals surface area contributed by atoms with Crippen molar-refractivity contribution >= 4 is 17.5 Å². The Hall–Kier alpha value is -3.48. The van der Waals surface area contributed by atoms with Crippen LogP contribution in [-0.2, 0) is 0 Å². The first-order valence-corrected chi connectivity index (χ1v) is 8.96. The molecule has 1 aromatic heterocycles. The quantitative estimate of drug-likeness (QED) is 0.731. The second-order valence-electron chi connectivity index (χ2n) is 6.74. The van der Waals surface area contributed by atoms with Crippen LogP contribution >= 0.6 is 0 Å². The van der Waals surface area contributed by atoms with Crippen molar-refractivity contribution in [1.82, 2.24) is 20.3 Å². The number of carbonyl (C=O) groups excluding carboxylic acids is 2. The number of hydrogen-bond donors (Lipinski definition) is 2. The third-order valence-corrected chi connectivity index (χ3v) is 4.54. The molecule has 2 amide bonds. The van der Waals surface area contributed by atoms with E-state index in [1.165, 1.54) is 4.80 Å². The van der Waals surface area contributed by atoms with Crippen LogP contribution in [0.2, 0.25) is 0 Å². The highest BCUT2D eigenvalue weighted by atomic mass is 16.2. The van der Waals surface area contributed by atoms with Crippen molar-refractivity contribution in [2.45, 2.75) is 27.7 Å². The van der Waals surface area contributed by atoms with Crippen LogP contribution in [-0.4, -0.2) is 33.9 Å². The summed E-state index contributed by atoms with van der Waals surface area (Å²) in [5.41, 5.74) is 5.33. The van der Waals surface area contributed by atoms with Crippen LogP contribution < -0.4 is 10.6 Å². The van der Waals surface area contributed by atoms with Crippen LogP contribution in [0.3, 0.4) is 0 Å². The molecule has 0 atom stereocenters. The first-order chi connectivity index (χ1) is 13.3. The van der Waals surface area contributed by atoms with E-state index >= 15 is 0 Å². The molecular formula is C21H23N5O2. The van der Waals surface area contributed by atoms with E-state index in [0.29, 0.717) is 16.9 Å². The fourth-order valence-corrected chi connectivity index (χ4v) is 3.11. The Labute approximate surface area is 163 Å². The van der Waals surface area contributed by atoms with Gasteiger partial charge in [-0.25, -0.2) is 0 Å². The van der Waals surface area contributed by atoms with Crippen molar-refractivity contribution in [3.05, 3.63) is 70.0 Å². The molecule has 2 N–H and O–H groups in total. The molecule has 0 saturated heterocycles. The van der Waals surface area contributed by atoms with Gasteiger partial charge in [-0.1, -0.05) is 29.8 Å². The highest BCUT2D eigenvalue weighted by molar-refractivity contribution is 6.09. The van der Waals surface area contributed by atoms with Crippen molar-refractivity contribution in [3.8, 4) is 5.69 Å². The van der Waals surface area contributed by atoms with E-state index < -0.39 is 5.91 Å². The number of nitrogens with one attached hydrogen (secondary N) is 2. The van der Waals surface area contributed by atoms with E-state index in [1.54, 1.807) is 26.1 Å². The number of anilines is 1. The minimum Gasteiger partial charge on any atom is -0.355 e. The maximum absolute atomic E-state index is 12.8. The van der Waals surface area contributed by atoms with Crippen LogP contribution in [0.25, 0.3) is 5.69 Å². The highest BCUT2D eigenvalue weighted by Crippen LogP contribution is 2.21. The minimum atomic E-state index is -0.413. The topological polar surface area (TPSA) is 88.9 Å². The van der Waals surface area contributed by atoms with E-state index in [4.69, 9.17) is 0 Å². The molecule has 2 aromatic carbocycles. The molecule has 7 heteroatoms. The second-order valence-corrected chi connectivity index (χ2v) is 6.74. The molecule has 28 heavy (non-hydrogen) atoms. The summed E-state index contributed by atoms with van der Waals surface area (Å²) in [5, 5.41) is 14.2. The van der Waals surface area contributed by atoms with E-state index in [1.807, 2.05) is 45.0 Å². The smallest absolute Gasteiger partial charge is 0.278 e. The Bertz CT molecular complexity index is 1070. The SMILES string of the molecule is CNC(=O)c1c(C)cccc1NC(=O)c1nn(-c2ccc(C)cc2C)nc1C. The maximum Gasteiger partial charge on any atom is 0.278 e. The number of hydrogen-bond acceptors (Lipinski definition) is 4. The zero-order chi connectivity index (χ0) is 20.4. The van der Waals surface area contributed by atoms with Gasteiger partial charge in [0.05, 0.1) is 22.6 Å². The molecule has 1 heterocycles. The number of benzene rings is 2. The average molecular weight is 377 g/mol. The molecule has 0 unspecified atom stereocenters. The van der Waals surface area contributed by atoms with Crippen LogP contribution in [0, 0.1) is 27.7 Å². The molecule has 0 radical (unpaired) electrons. The maximum atomic E-state index is 12.8. The molecule has 0 aliphatic carbocycles. The lowest BCUT2D eigenvalue weighted by atomic mass is 10.1. The number of rotatable bonds is 4. The van der Waals surface area contributed by atoms with Crippen molar-refractivity contribution in [3.63, 3.8) is 0 Å². The third kappa shape index (κ3) is 3.64. The lowest BCUT2D eigenvalue weighted by molar-refractivity contribution is 0.0963. The summed E-state index contributed by atoms with van der Waals surface area (Å²) in [6.07, 6.45) is 0. The lowest BCUT2D eigenvalue weighted by Gasteiger charge is -2.12. The van der Waals surface area contributed by atoms with Crippen LogP contribution in [0.1, 0.15) is 43.2 Å². The Morgan fingerprint density at radius 3 is 2.36 bits per heavy atom. The van der Waals surface area contributed by atoms with Gasteiger partial charge in [0, 0.05) is 7.05 Å². The largest absolute Gasteiger partial charge is 0.355 e. The van der Waals surface area contributed by atoms with Crippen molar-refractivity contribution in [2.24, 2.45) is 0 Å². The van der Waals surface area contributed by atoms with E-state index in [0.717, 1.165) is 22.4 Å².